The van der Waals surface area contributed by atoms with Crippen molar-refractivity contribution in [3.63, 3.8) is 0 Å². The second kappa shape index (κ2) is 4.84. The van der Waals surface area contributed by atoms with Gasteiger partial charge in [-0.2, -0.15) is 0 Å². The van der Waals surface area contributed by atoms with Crippen molar-refractivity contribution in [2.24, 2.45) is 0 Å². The standard InChI is InChI=1S/C3H4N2O2.H3O3P/c6-2-1-4-3(7)5-2;1-4(2)3/h1H2,(H2,4,5,6,7);4H,(H2,1,2,3). The Bertz CT molecular complexity index is 174. The molecule has 1 aliphatic rings. The van der Waals surface area contributed by atoms with E-state index in [0.29, 0.717) is 0 Å². The number of urea groups is 1. The third kappa shape index (κ3) is 6.98. The first-order chi connectivity index (χ1) is 5.02. The normalized spacial score (nSPS) is 15.2. The number of carbonyl (C=O) groups is 2. The molecule has 3 amide bonds. The molecule has 0 atom stereocenters. The van der Waals surface area contributed by atoms with Crippen LogP contribution in [0.1, 0.15) is 0 Å². The molecule has 1 rings (SSSR count). The molecule has 0 bridgehead atoms. The van der Waals surface area contributed by atoms with Crippen molar-refractivity contribution in [1.29, 1.82) is 0 Å². The molecule has 1 saturated heterocycles. The van der Waals surface area contributed by atoms with Gasteiger partial charge in [-0.15, -0.1) is 0 Å². The molecule has 4 N–H and O–H groups in total. The average Bonchev–Trinajstić information content (AvgIpc) is 2.13. The Kier molecular flexibility index (Phi) is 4.44. The van der Waals surface area contributed by atoms with Gasteiger partial charge in [0.05, 0.1) is 6.54 Å². The minimum absolute atomic E-state index is 0.124. The molecule has 1 aliphatic heterocycles. The first-order valence-electron chi connectivity index (χ1n) is 2.52. The summed E-state index contributed by atoms with van der Waals surface area (Å²) in [6.07, 6.45) is 0. The summed E-state index contributed by atoms with van der Waals surface area (Å²) in [5.74, 6) is -0.259. The summed E-state index contributed by atoms with van der Waals surface area (Å²) in [5, 5.41) is 4.30. The third-order valence-corrected chi connectivity index (χ3v) is 0.662. The van der Waals surface area contributed by atoms with Gasteiger partial charge in [-0.1, -0.05) is 0 Å². The third-order valence-electron chi connectivity index (χ3n) is 0.662. The Labute approximate surface area is 62.4 Å². The van der Waals surface area contributed by atoms with Crippen molar-refractivity contribution >= 4 is 20.2 Å². The molecule has 0 unspecified atom stereocenters. The van der Waals surface area contributed by atoms with Crippen molar-refractivity contribution < 1.29 is 23.9 Å². The van der Waals surface area contributed by atoms with Crippen molar-refractivity contribution in [3.8, 4) is 0 Å². The van der Waals surface area contributed by atoms with Crippen LogP contribution in [0.25, 0.3) is 0 Å². The second-order valence-corrected chi connectivity index (χ2v) is 2.08. The fourth-order valence-corrected chi connectivity index (χ4v) is 0.376. The molecule has 1 fully saturated rings. The molecule has 0 aromatic rings. The minimum atomic E-state index is -3.13. The van der Waals surface area contributed by atoms with E-state index in [1.54, 1.807) is 0 Å². The quantitative estimate of drug-likeness (QED) is 0.260. The lowest BCUT2D eigenvalue weighted by molar-refractivity contribution is -0.117. The number of nitrogens with one attached hydrogen (secondary N) is 2. The second-order valence-electron chi connectivity index (χ2n) is 1.51. The van der Waals surface area contributed by atoms with E-state index in [9.17, 15) is 9.59 Å². The number of carbonyl (C=O) groups excluding carboxylic acids is 2. The van der Waals surface area contributed by atoms with Crippen LogP contribution in [0, 0.1) is 0 Å². The maximum absolute atomic E-state index is 10.1. The van der Waals surface area contributed by atoms with E-state index in [1.165, 1.54) is 0 Å². The van der Waals surface area contributed by atoms with E-state index in [1.807, 2.05) is 5.32 Å². The van der Waals surface area contributed by atoms with E-state index in [4.69, 9.17) is 14.4 Å². The van der Waals surface area contributed by atoms with Gasteiger partial charge < -0.3 is 15.1 Å². The van der Waals surface area contributed by atoms with Crippen LogP contribution >= 0.6 is 8.25 Å². The topological polar surface area (TPSA) is 116 Å². The lowest BCUT2D eigenvalue weighted by Gasteiger charge is -1.78. The lowest BCUT2D eigenvalue weighted by Crippen LogP contribution is -2.22. The monoisotopic (exact) mass is 182 g/mol. The van der Waals surface area contributed by atoms with Crippen molar-refractivity contribution in [1.82, 2.24) is 10.6 Å². The van der Waals surface area contributed by atoms with Gasteiger partial charge in [0.2, 0.25) is 5.91 Å². The van der Waals surface area contributed by atoms with Crippen LogP contribution in [0.4, 0.5) is 4.79 Å². The fraction of sp³-hybridized carbons (Fsp3) is 0.333. The molecule has 0 aromatic heterocycles. The number of amides is 3. The molecule has 1 heterocycles. The van der Waals surface area contributed by atoms with Crippen LogP contribution in [-0.4, -0.2) is 28.3 Å². The zero-order chi connectivity index (χ0) is 8.85. The van der Waals surface area contributed by atoms with E-state index in [2.05, 4.69) is 5.32 Å². The van der Waals surface area contributed by atoms with Crippen LogP contribution in [0.15, 0.2) is 0 Å². The van der Waals surface area contributed by atoms with Crippen LogP contribution in [0.5, 0.6) is 0 Å². The van der Waals surface area contributed by atoms with E-state index >= 15 is 0 Å². The highest BCUT2D eigenvalue weighted by atomic mass is 31.1. The minimum Gasteiger partial charge on any atom is -0.329 e. The lowest BCUT2D eigenvalue weighted by atomic mass is 10.7. The summed E-state index contributed by atoms with van der Waals surface area (Å²) < 4.78 is 8.74. The Morgan fingerprint density at radius 2 is 1.82 bits per heavy atom. The zero-order valence-corrected chi connectivity index (χ0v) is 6.33. The summed E-state index contributed by atoms with van der Waals surface area (Å²) in [5.41, 5.74) is 0. The van der Waals surface area contributed by atoms with Crippen molar-refractivity contribution in [3.05, 3.63) is 0 Å². The fourth-order valence-electron chi connectivity index (χ4n) is 0.376. The first kappa shape index (κ1) is 10.1. The number of rotatable bonds is 0. The van der Waals surface area contributed by atoms with Crippen LogP contribution in [0.2, 0.25) is 0 Å². The summed E-state index contributed by atoms with van der Waals surface area (Å²) >= 11 is 0. The SMILES string of the molecule is O=C1CNC(=O)N1.O=[PH](O)O. The molecule has 0 saturated carbocycles. The average molecular weight is 182 g/mol. The smallest absolute Gasteiger partial charge is 0.321 e. The molecule has 0 aliphatic carbocycles. The van der Waals surface area contributed by atoms with Gasteiger partial charge in [0.15, 0.2) is 0 Å². The molecule has 7 nitrogen and oxygen atoms in total. The Morgan fingerprint density at radius 3 is 1.91 bits per heavy atom. The zero-order valence-electron chi connectivity index (χ0n) is 5.33. The van der Waals surface area contributed by atoms with Crippen LogP contribution in [-0.2, 0) is 9.36 Å². The maximum Gasteiger partial charge on any atom is 0.321 e. The van der Waals surface area contributed by atoms with Gasteiger partial charge in [0, 0.05) is 0 Å². The number of hydrogen-bond donors (Lipinski definition) is 4. The van der Waals surface area contributed by atoms with Crippen LogP contribution in [0.3, 0.4) is 0 Å². The molecule has 8 heteroatoms. The van der Waals surface area contributed by atoms with Gasteiger partial charge in [-0.3, -0.25) is 14.7 Å². The summed E-state index contributed by atoms with van der Waals surface area (Å²) in [7, 11) is -3.13. The van der Waals surface area contributed by atoms with Gasteiger partial charge >= 0.3 is 14.3 Å². The van der Waals surface area contributed by atoms with Gasteiger partial charge in [-0.25, -0.2) is 4.79 Å². The number of hydrogen-bond acceptors (Lipinski definition) is 3. The van der Waals surface area contributed by atoms with Gasteiger partial charge in [0.1, 0.15) is 0 Å². The molecule has 0 spiro atoms. The molecular formula is C3H7N2O5P. The highest BCUT2D eigenvalue weighted by Crippen LogP contribution is 1.98. The maximum atomic E-state index is 10.1. The van der Waals surface area contributed by atoms with Gasteiger partial charge in [0.25, 0.3) is 0 Å². The first-order valence-corrected chi connectivity index (χ1v) is 3.82. The summed E-state index contributed by atoms with van der Waals surface area (Å²) in [6.45, 7) is 0.124. The van der Waals surface area contributed by atoms with E-state index in [-0.39, 0.29) is 12.5 Å². The van der Waals surface area contributed by atoms with E-state index in [0.717, 1.165) is 0 Å². The molecule has 11 heavy (non-hydrogen) atoms. The van der Waals surface area contributed by atoms with Crippen molar-refractivity contribution in [2.75, 3.05) is 6.54 Å². The predicted molar refractivity (Wildman–Crippen MR) is 35.0 cm³/mol. The number of imide groups is 1. The molecule has 0 aromatic carbocycles. The Balaban J connectivity index is 0.000000218. The Morgan fingerprint density at radius 1 is 1.36 bits per heavy atom. The molecular weight excluding hydrogens is 175 g/mol. The highest BCUT2D eigenvalue weighted by molar-refractivity contribution is 7.30. The van der Waals surface area contributed by atoms with Crippen molar-refractivity contribution in [2.45, 2.75) is 0 Å². The van der Waals surface area contributed by atoms with E-state index < -0.39 is 14.3 Å². The summed E-state index contributed by atoms with van der Waals surface area (Å²) in [4.78, 5) is 34.4. The highest BCUT2D eigenvalue weighted by Gasteiger charge is 2.14. The Hall–Kier alpha value is -0.910. The predicted octanol–water partition coefficient (Wildman–Crippen LogP) is -1.81. The summed E-state index contributed by atoms with van der Waals surface area (Å²) in [6, 6.07) is -0.398. The van der Waals surface area contributed by atoms with Crippen LogP contribution < -0.4 is 10.6 Å². The molecule has 0 radical (unpaired) electrons. The largest absolute Gasteiger partial charge is 0.329 e. The van der Waals surface area contributed by atoms with Gasteiger partial charge in [-0.05, 0) is 0 Å². The molecule has 64 valence electrons.